The summed E-state index contributed by atoms with van der Waals surface area (Å²) >= 11 is 0. The Hall–Kier alpha value is -0.0800. The molecule has 0 radical (unpaired) electrons. The number of hydrogen-bond donors (Lipinski definition) is 1. The van der Waals surface area contributed by atoms with Crippen LogP contribution in [0.5, 0.6) is 0 Å². The van der Waals surface area contributed by atoms with Crippen molar-refractivity contribution in [1.82, 2.24) is 0 Å². The van der Waals surface area contributed by atoms with Crippen LogP contribution in [0, 0.1) is 10.8 Å². The lowest BCUT2D eigenvalue weighted by Crippen LogP contribution is -2.80. The van der Waals surface area contributed by atoms with Gasteiger partial charge in [-0.2, -0.15) is 0 Å². The Bertz CT molecular complexity index is 217. The predicted molar refractivity (Wildman–Crippen MR) is 75.2 cm³/mol. The second-order valence-corrected chi connectivity index (χ2v) is 7.25. The molecule has 104 valence electrons. The number of ether oxygens (including phenoxy) is 1. The van der Waals surface area contributed by atoms with Crippen LogP contribution < -0.4 is 5.32 Å². The van der Waals surface area contributed by atoms with Gasteiger partial charge in [-0.25, -0.2) is 0 Å². The number of likely N-dealkylation sites (N-methyl/N-ethyl adjacent to an activating group) is 1. The van der Waals surface area contributed by atoms with Crippen molar-refractivity contribution in [3.8, 4) is 0 Å². The Kier molecular flexibility index (Phi) is 6.16. The third-order valence-corrected chi connectivity index (χ3v) is 4.01. The van der Waals surface area contributed by atoms with Gasteiger partial charge < -0.3 is 10.1 Å². The average molecular weight is 244 g/mol. The summed E-state index contributed by atoms with van der Waals surface area (Å²) in [5.74, 6) is 0. The van der Waals surface area contributed by atoms with Crippen molar-refractivity contribution in [1.29, 1.82) is 0 Å². The highest BCUT2D eigenvalue weighted by atomic mass is 16.5. The Labute approximate surface area is 109 Å². The second kappa shape index (κ2) is 6.19. The SMILES string of the molecule is CCC(C)(C)C(C)(CC(C)(C)C)OCC[NH2+]C. The van der Waals surface area contributed by atoms with Gasteiger partial charge in [0.15, 0.2) is 0 Å². The zero-order chi connectivity index (χ0) is 13.7. The normalized spacial score (nSPS) is 16.9. The number of quaternary nitrogens is 1. The molecule has 2 heteroatoms. The quantitative estimate of drug-likeness (QED) is 0.685. The largest absolute Gasteiger partial charge is 0.369 e. The standard InChI is InChI=1S/C15H33NO/c1-9-14(5,6)15(7,12-13(2,3)4)17-11-10-16-8/h16H,9-12H2,1-8H3/p+1. The molecule has 0 aliphatic carbocycles. The molecule has 17 heavy (non-hydrogen) atoms. The molecule has 2 nitrogen and oxygen atoms in total. The summed E-state index contributed by atoms with van der Waals surface area (Å²) in [4.78, 5) is 0. The van der Waals surface area contributed by atoms with E-state index in [4.69, 9.17) is 4.74 Å². The first-order valence-electron chi connectivity index (χ1n) is 7.00. The zero-order valence-electron chi connectivity index (χ0n) is 13.3. The molecule has 0 amide bonds. The maximum Gasteiger partial charge on any atom is 0.0991 e. The fourth-order valence-electron chi connectivity index (χ4n) is 2.27. The summed E-state index contributed by atoms with van der Waals surface area (Å²) in [6, 6.07) is 0. The highest BCUT2D eigenvalue weighted by Gasteiger charge is 2.43. The molecule has 2 N–H and O–H groups in total. The molecule has 0 aliphatic heterocycles. The van der Waals surface area contributed by atoms with Gasteiger partial charge in [0, 0.05) is 0 Å². The van der Waals surface area contributed by atoms with Crippen molar-refractivity contribution in [2.75, 3.05) is 20.2 Å². The van der Waals surface area contributed by atoms with Crippen molar-refractivity contribution < 1.29 is 10.1 Å². The van der Waals surface area contributed by atoms with E-state index in [1.165, 1.54) is 0 Å². The Morgan fingerprint density at radius 1 is 1.00 bits per heavy atom. The monoisotopic (exact) mass is 244 g/mol. The Balaban J connectivity index is 4.81. The molecule has 0 aromatic heterocycles. The first-order chi connectivity index (χ1) is 7.58. The minimum absolute atomic E-state index is 0.0387. The van der Waals surface area contributed by atoms with Gasteiger partial charge in [0.2, 0.25) is 0 Å². The minimum Gasteiger partial charge on any atom is -0.369 e. The number of nitrogens with two attached hydrogens (primary N) is 1. The Morgan fingerprint density at radius 3 is 1.88 bits per heavy atom. The van der Waals surface area contributed by atoms with E-state index in [9.17, 15) is 0 Å². The molecule has 1 unspecified atom stereocenters. The van der Waals surface area contributed by atoms with Gasteiger partial charge in [0.1, 0.15) is 0 Å². The lowest BCUT2D eigenvalue weighted by molar-refractivity contribution is -0.629. The van der Waals surface area contributed by atoms with Gasteiger partial charge in [-0.15, -0.1) is 0 Å². The van der Waals surface area contributed by atoms with Gasteiger partial charge in [0.05, 0.1) is 25.8 Å². The Morgan fingerprint density at radius 2 is 1.53 bits per heavy atom. The van der Waals surface area contributed by atoms with Crippen molar-refractivity contribution in [3.63, 3.8) is 0 Å². The van der Waals surface area contributed by atoms with E-state index >= 15 is 0 Å². The highest BCUT2D eigenvalue weighted by molar-refractivity contribution is 4.93. The summed E-state index contributed by atoms with van der Waals surface area (Å²) in [7, 11) is 2.09. The smallest absolute Gasteiger partial charge is 0.0991 e. The fourth-order valence-corrected chi connectivity index (χ4v) is 2.27. The van der Waals surface area contributed by atoms with Crippen LogP contribution in [0.2, 0.25) is 0 Å². The average Bonchev–Trinajstić information content (AvgIpc) is 2.15. The lowest BCUT2D eigenvalue weighted by Gasteiger charge is -2.47. The van der Waals surface area contributed by atoms with E-state index in [2.05, 4.69) is 60.8 Å². The maximum absolute atomic E-state index is 6.27. The molecule has 0 rings (SSSR count). The van der Waals surface area contributed by atoms with Crippen LogP contribution in [0.3, 0.4) is 0 Å². The maximum atomic E-state index is 6.27. The molecule has 0 aromatic rings. The molecule has 0 spiro atoms. The van der Waals surface area contributed by atoms with E-state index in [0.29, 0.717) is 5.41 Å². The molecule has 0 fully saturated rings. The summed E-state index contributed by atoms with van der Waals surface area (Å²) in [6.07, 6.45) is 2.25. The molecular weight excluding hydrogens is 210 g/mol. The van der Waals surface area contributed by atoms with Crippen molar-refractivity contribution in [2.45, 2.75) is 66.9 Å². The van der Waals surface area contributed by atoms with Crippen LogP contribution in [-0.4, -0.2) is 25.8 Å². The fraction of sp³-hybridized carbons (Fsp3) is 1.00. The predicted octanol–water partition coefficient (Wildman–Crippen LogP) is 2.83. The van der Waals surface area contributed by atoms with Gasteiger partial charge in [-0.05, 0) is 30.6 Å². The van der Waals surface area contributed by atoms with E-state index in [0.717, 1.165) is 26.0 Å². The van der Waals surface area contributed by atoms with Crippen LogP contribution in [-0.2, 0) is 4.74 Å². The zero-order valence-corrected chi connectivity index (χ0v) is 13.3. The van der Waals surface area contributed by atoms with Crippen LogP contribution in [0.1, 0.15) is 61.3 Å². The first-order valence-corrected chi connectivity index (χ1v) is 7.00. The van der Waals surface area contributed by atoms with Gasteiger partial charge in [-0.1, -0.05) is 41.5 Å². The summed E-state index contributed by atoms with van der Waals surface area (Å²) in [5.41, 5.74) is 0.480. The molecule has 0 aromatic carbocycles. The number of hydrogen-bond acceptors (Lipinski definition) is 1. The van der Waals surface area contributed by atoms with E-state index in [1.54, 1.807) is 0 Å². The minimum atomic E-state index is -0.0387. The molecule has 1 atom stereocenters. The van der Waals surface area contributed by atoms with Crippen molar-refractivity contribution in [3.05, 3.63) is 0 Å². The summed E-state index contributed by atoms with van der Waals surface area (Å²) in [5, 5.41) is 2.18. The van der Waals surface area contributed by atoms with Gasteiger partial charge in [0.25, 0.3) is 0 Å². The van der Waals surface area contributed by atoms with E-state index in [1.807, 2.05) is 0 Å². The third kappa shape index (κ3) is 5.39. The van der Waals surface area contributed by atoms with Gasteiger partial charge >= 0.3 is 0 Å². The first kappa shape index (κ1) is 16.9. The van der Waals surface area contributed by atoms with Crippen LogP contribution in [0.4, 0.5) is 0 Å². The third-order valence-electron chi connectivity index (χ3n) is 4.01. The van der Waals surface area contributed by atoms with Crippen LogP contribution >= 0.6 is 0 Å². The van der Waals surface area contributed by atoms with Gasteiger partial charge in [-0.3, -0.25) is 0 Å². The summed E-state index contributed by atoms with van der Waals surface area (Å²) < 4.78 is 6.27. The highest BCUT2D eigenvalue weighted by Crippen LogP contribution is 2.44. The molecule has 0 heterocycles. The lowest BCUT2D eigenvalue weighted by atomic mass is 9.67. The second-order valence-electron chi connectivity index (χ2n) is 7.25. The topological polar surface area (TPSA) is 25.8 Å². The molecule has 0 saturated carbocycles. The number of rotatable bonds is 7. The molecule has 0 bridgehead atoms. The summed E-state index contributed by atoms with van der Waals surface area (Å²) in [6.45, 7) is 18.0. The van der Waals surface area contributed by atoms with E-state index in [-0.39, 0.29) is 11.0 Å². The molecular formula is C15H34NO+. The molecule has 0 aliphatic rings. The molecule has 0 saturated heterocycles. The van der Waals surface area contributed by atoms with E-state index < -0.39 is 0 Å². The van der Waals surface area contributed by atoms with Crippen LogP contribution in [0.15, 0.2) is 0 Å². The van der Waals surface area contributed by atoms with Crippen LogP contribution in [0.25, 0.3) is 0 Å². The van der Waals surface area contributed by atoms with Crippen molar-refractivity contribution >= 4 is 0 Å². The van der Waals surface area contributed by atoms with Crippen molar-refractivity contribution in [2.24, 2.45) is 10.8 Å².